The number of carbonyl (C=O) groups is 1. The zero-order valence-corrected chi connectivity index (χ0v) is 10.1. The molecule has 0 radical (unpaired) electrons. The highest BCUT2D eigenvalue weighted by Gasteiger charge is 2.14. The van der Waals surface area contributed by atoms with E-state index in [9.17, 15) is 4.79 Å². The van der Waals surface area contributed by atoms with Crippen molar-refractivity contribution in [2.45, 2.75) is 6.42 Å². The Kier molecular flexibility index (Phi) is 3.64. The number of anilines is 1. The van der Waals surface area contributed by atoms with E-state index in [1.165, 1.54) is 0 Å². The zero-order valence-electron chi connectivity index (χ0n) is 10.1. The third kappa shape index (κ3) is 3.20. The Bertz CT molecular complexity index is 398. The fraction of sp³-hybridized carbons (Fsp3) is 0.462. The smallest absolute Gasteiger partial charge is 0.307 e. The first-order valence-corrected chi connectivity index (χ1v) is 5.89. The molecule has 0 bridgehead atoms. The number of nitrogens with zero attached hydrogens (tertiary/aromatic N) is 2. The number of likely N-dealkylation sites (N-methyl/N-ethyl adjacent to an activating group) is 1. The minimum absolute atomic E-state index is 0.0988. The quantitative estimate of drug-likeness (QED) is 0.849. The van der Waals surface area contributed by atoms with Gasteiger partial charge in [-0.1, -0.05) is 12.1 Å². The van der Waals surface area contributed by atoms with Gasteiger partial charge in [0, 0.05) is 31.9 Å². The molecule has 0 aromatic heterocycles. The molecule has 0 spiro atoms. The van der Waals surface area contributed by atoms with Gasteiger partial charge in [-0.05, 0) is 24.7 Å². The first-order chi connectivity index (χ1) is 8.15. The highest BCUT2D eigenvalue weighted by molar-refractivity contribution is 5.70. The summed E-state index contributed by atoms with van der Waals surface area (Å²) in [6.07, 6.45) is 0.0988. The second-order valence-corrected chi connectivity index (χ2v) is 4.53. The lowest BCUT2D eigenvalue weighted by molar-refractivity contribution is -0.136. The van der Waals surface area contributed by atoms with Gasteiger partial charge in [0.15, 0.2) is 0 Å². The summed E-state index contributed by atoms with van der Waals surface area (Å²) in [6.45, 7) is 4.13. The first kappa shape index (κ1) is 11.9. The highest BCUT2D eigenvalue weighted by atomic mass is 16.4. The summed E-state index contributed by atoms with van der Waals surface area (Å²) in [5.41, 5.74) is 2.01. The van der Waals surface area contributed by atoms with Gasteiger partial charge in [-0.2, -0.15) is 0 Å². The molecular weight excluding hydrogens is 216 g/mol. The minimum Gasteiger partial charge on any atom is -0.481 e. The molecule has 0 unspecified atom stereocenters. The van der Waals surface area contributed by atoms with Crippen molar-refractivity contribution in [1.29, 1.82) is 0 Å². The van der Waals surface area contributed by atoms with Gasteiger partial charge in [0.2, 0.25) is 0 Å². The molecule has 0 amide bonds. The summed E-state index contributed by atoms with van der Waals surface area (Å²) in [7, 11) is 2.12. The Morgan fingerprint density at radius 1 is 1.29 bits per heavy atom. The van der Waals surface area contributed by atoms with Gasteiger partial charge >= 0.3 is 5.97 Å². The van der Waals surface area contributed by atoms with E-state index >= 15 is 0 Å². The average molecular weight is 234 g/mol. The topological polar surface area (TPSA) is 43.8 Å². The maximum Gasteiger partial charge on any atom is 0.307 e. The Morgan fingerprint density at radius 3 is 2.65 bits per heavy atom. The Hall–Kier alpha value is -1.55. The predicted molar refractivity (Wildman–Crippen MR) is 67.5 cm³/mol. The number of aliphatic carboxylic acids is 1. The summed E-state index contributed by atoms with van der Waals surface area (Å²) in [5.74, 6) is -0.777. The summed E-state index contributed by atoms with van der Waals surface area (Å²) in [4.78, 5) is 15.3. The molecule has 92 valence electrons. The van der Waals surface area contributed by atoms with E-state index in [0.29, 0.717) is 0 Å². The SMILES string of the molecule is CN1CCN(c2cccc(CC(=O)O)c2)CC1. The Balaban J connectivity index is 2.07. The van der Waals surface area contributed by atoms with Gasteiger partial charge in [-0.3, -0.25) is 4.79 Å². The van der Waals surface area contributed by atoms with E-state index < -0.39 is 5.97 Å². The van der Waals surface area contributed by atoms with Crippen molar-refractivity contribution in [2.24, 2.45) is 0 Å². The van der Waals surface area contributed by atoms with Gasteiger partial charge in [0.05, 0.1) is 6.42 Å². The van der Waals surface area contributed by atoms with E-state index in [1.54, 1.807) is 0 Å². The van der Waals surface area contributed by atoms with Crippen LogP contribution in [0.4, 0.5) is 5.69 Å². The van der Waals surface area contributed by atoms with Crippen LogP contribution < -0.4 is 4.90 Å². The van der Waals surface area contributed by atoms with Crippen LogP contribution in [-0.2, 0) is 11.2 Å². The monoisotopic (exact) mass is 234 g/mol. The largest absolute Gasteiger partial charge is 0.481 e. The van der Waals surface area contributed by atoms with Gasteiger partial charge in [0.25, 0.3) is 0 Å². The van der Waals surface area contributed by atoms with Crippen molar-refractivity contribution in [3.63, 3.8) is 0 Å². The summed E-state index contributed by atoms with van der Waals surface area (Å²) in [5, 5.41) is 8.78. The third-order valence-corrected chi connectivity index (χ3v) is 3.13. The van der Waals surface area contributed by atoms with Gasteiger partial charge in [-0.25, -0.2) is 0 Å². The van der Waals surface area contributed by atoms with Crippen LogP contribution in [-0.4, -0.2) is 49.2 Å². The summed E-state index contributed by atoms with van der Waals surface area (Å²) < 4.78 is 0. The van der Waals surface area contributed by atoms with Crippen molar-refractivity contribution in [1.82, 2.24) is 4.90 Å². The van der Waals surface area contributed by atoms with Crippen molar-refractivity contribution < 1.29 is 9.90 Å². The predicted octanol–water partition coefficient (Wildman–Crippen LogP) is 1.07. The number of piperazine rings is 1. The molecule has 1 saturated heterocycles. The third-order valence-electron chi connectivity index (χ3n) is 3.13. The van der Waals surface area contributed by atoms with Crippen molar-refractivity contribution in [2.75, 3.05) is 38.1 Å². The fourth-order valence-electron chi connectivity index (χ4n) is 2.10. The fourth-order valence-corrected chi connectivity index (χ4v) is 2.10. The van der Waals surface area contributed by atoms with Gasteiger partial charge < -0.3 is 14.9 Å². The molecule has 2 rings (SSSR count). The lowest BCUT2D eigenvalue weighted by atomic mass is 10.1. The number of hydrogen-bond acceptors (Lipinski definition) is 3. The van der Waals surface area contributed by atoms with Crippen LogP contribution in [0.1, 0.15) is 5.56 Å². The molecule has 1 aliphatic rings. The zero-order chi connectivity index (χ0) is 12.3. The standard InChI is InChI=1S/C13H18N2O2/c1-14-5-7-15(8-6-14)12-4-2-3-11(9-12)10-13(16)17/h2-4,9H,5-8,10H2,1H3,(H,16,17). The second-order valence-electron chi connectivity index (χ2n) is 4.53. The number of carboxylic acid groups (broad SMARTS) is 1. The molecule has 4 heteroatoms. The summed E-state index contributed by atoms with van der Waals surface area (Å²) >= 11 is 0. The van der Waals surface area contributed by atoms with Crippen molar-refractivity contribution >= 4 is 11.7 Å². The number of hydrogen-bond donors (Lipinski definition) is 1. The highest BCUT2D eigenvalue weighted by Crippen LogP contribution is 2.18. The van der Waals surface area contributed by atoms with Crippen molar-refractivity contribution in [3.8, 4) is 0 Å². The van der Waals surface area contributed by atoms with Crippen LogP contribution in [0.25, 0.3) is 0 Å². The van der Waals surface area contributed by atoms with Crippen LogP contribution in [0.5, 0.6) is 0 Å². The molecule has 1 aromatic carbocycles. The Labute approximate surface area is 101 Å². The van der Waals surface area contributed by atoms with Crippen molar-refractivity contribution in [3.05, 3.63) is 29.8 Å². The van der Waals surface area contributed by atoms with E-state index in [1.807, 2.05) is 18.2 Å². The maximum atomic E-state index is 10.7. The molecule has 4 nitrogen and oxygen atoms in total. The van der Waals surface area contributed by atoms with Crippen LogP contribution in [0.2, 0.25) is 0 Å². The van der Waals surface area contributed by atoms with E-state index in [4.69, 9.17) is 5.11 Å². The number of carboxylic acids is 1. The molecule has 1 fully saturated rings. The van der Waals surface area contributed by atoms with Gasteiger partial charge in [-0.15, -0.1) is 0 Å². The van der Waals surface area contributed by atoms with E-state index in [2.05, 4.69) is 22.9 Å². The normalized spacial score (nSPS) is 17.1. The first-order valence-electron chi connectivity index (χ1n) is 5.89. The molecule has 0 saturated carbocycles. The molecule has 17 heavy (non-hydrogen) atoms. The number of benzene rings is 1. The van der Waals surface area contributed by atoms with Crippen LogP contribution >= 0.6 is 0 Å². The Morgan fingerprint density at radius 2 is 2.00 bits per heavy atom. The average Bonchev–Trinajstić information content (AvgIpc) is 2.29. The van der Waals surface area contributed by atoms with Crippen LogP contribution in [0, 0.1) is 0 Å². The number of rotatable bonds is 3. The molecule has 1 heterocycles. The van der Waals surface area contributed by atoms with Gasteiger partial charge in [0.1, 0.15) is 0 Å². The van der Waals surface area contributed by atoms with E-state index in [0.717, 1.165) is 37.4 Å². The minimum atomic E-state index is -0.777. The lowest BCUT2D eigenvalue weighted by Gasteiger charge is -2.34. The van der Waals surface area contributed by atoms with Crippen LogP contribution in [0.15, 0.2) is 24.3 Å². The molecule has 1 aliphatic heterocycles. The molecule has 1 N–H and O–H groups in total. The molecular formula is C13H18N2O2. The second kappa shape index (κ2) is 5.19. The van der Waals surface area contributed by atoms with Crippen LogP contribution in [0.3, 0.4) is 0 Å². The molecule has 0 atom stereocenters. The lowest BCUT2D eigenvalue weighted by Crippen LogP contribution is -2.44. The summed E-state index contributed by atoms with van der Waals surface area (Å²) in [6, 6.07) is 7.84. The van der Waals surface area contributed by atoms with E-state index in [-0.39, 0.29) is 6.42 Å². The molecule has 0 aliphatic carbocycles. The molecule has 1 aromatic rings. The maximum absolute atomic E-state index is 10.7.